The van der Waals surface area contributed by atoms with E-state index in [4.69, 9.17) is 16.3 Å². The summed E-state index contributed by atoms with van der Waals surface area (Å²) in [7, 11) is 0. The summed E-state index contributed by atoms with van der Waals surface area (Å²) in [6.07, 6.45) is 1.32. The molecule has 0 saturated carbocycles. The van der Waals surface area contributed by atoms with Crippen LogP contribution < -0.4 is 15.5 Å². The average molecular weight is 550 g/mol. The molecule has 0 spiro atoms. The smallest absolute Gasteiger partial charge is 0.329 e. The number of carbonyl (C=O) groups excluding carboxylic acids is 2. The number of rotatable bonds is 10. The molecule has 1 heterocycles. The lowest BCUT2D eigenvalue weighted by atomic mass is 10.0. The van der Waals surface area contributed by atoms with Gasteiger partial charge in [0.1, 0.15) is 11.5 Å². The Morgan fingerprint density at radius 2 is 1.82 bits per heavy atom. The summed E-state index contributed by atoms with van der Waals surface area (Å²) in [5, 5.41) is 24.6. The fourth-order valence-corrected chi connectivity index (χ4v) is 4.21. The number of aliphatic hydroxyl groups is 2. The van der Waals surface area contributed by atoms with Crippen LogP contribution in [0.5, 0.6) is 11.5 Å². The van der Waals surface area contributed by atoms with Gasteiger partial charge >= 0.3 is 5.97 Å². The number of benzene rings is 3. The number of nitrogens with zero attached hydrogens (tertiary/aromatic N) is 1. The van der Waals surface area contributed by atoms with E-state index in [-0.39, 0.29) is 24.8 Å². The minimum absolute atomic E-state index is 0.100. The molecule has 202 valence electrons. The Hall–Kier alpha value is -4.02. The van der Waals surface area contributed by atoms with Gasteiger partial charge in [-0.15, -0.1) is 0 Å². The van der Waals surface area contributed by atoms with Crippen molar-refractivity contribution < 1.29 is 29.4 Å². The minimum atomic E-state index is -0.753. The van der Waals surface area contributed by atoms with E-state index in [0.717, 1.165) is 5.56 Å². The fraction of sp³-hybridized carbons (Fsp3) is 0.207. The molecule has 10 heteroatoms. The first kappa shape index (κ1) is 28.0. The molecule has 1 amide bonds. The highest BCUT2D eigenvalue weighted by Crippen LogP contribution is 2.30. The van der Waals surface area contributed by atoms with Crippen LogP contribution in [0.3, 0.4) is 0 Å². The number of para-hydroxylation sites is 1. The Morgan fingerprint density at radius 1 is 1.05 bits per heavy atom. The van der Waals surface area contributed by atoms with Crippen molar-refractivity contribution in [3.63, 3.8) is 0 Å². The number of halogens is 1. The maximum atomic E-state index is 12.4. The average Bonchev–Trinajstić information content (AvgIpc) is 2.94. The van der Waals surface area contributed by atoms with Crippen molar-refractivity contribution in [2.75, 3.05) is 13.2 Å². The lowest BCUT2D eigenvalue weighted by molar-refractivity contribution is -0.146. The van der Waals surface area contributed by atoms with Gasteiger partial charge in [0.2, 0.25) is 0 Å². The molecule has 4 aromatic rings. The molecule has 3 aromatic carbocycles. The number of carbonyl (C=O) groups is 2. The third-order valence-corrected chi connectivity index (χ3v) is 6.19. The van der Waals surface area contributed by atoms with Gasteiger partial charge in [-0.2, -0.15) is 5.48 Å². The summed E-state index contributed by atoms with van der Waals surface area (Å²) >= 11 is 6.00. The summed E-state index contributed by atoms with van der Waals surface area (Å²) in [4.78, 5) is 32.4. The van der Waals surface area contributed by atoms with Crippen LogP contribution in [-0.2, 0) is 16.1 Å². The van der Waals surface area contributed by atoms with Gasteiger partial charge in [0.05, 0.1) is 23.8 Å². The number of hydrogen-bond acceptors (Lipinski definition) is 8. The third kappa shape index (κ3) is 7.52. The van der Waals surface area contributed by atoms with Crippen molar-refractivity contribution in [2.45, 2.75) is 25.5 Å². The molecule has 4 rings (SSSR count). The zero-order valence-electron chi connectivity index (χ0n) is 21.1. The Labute approximate surface area is 230 Å². The van der Waals surface area contributed by atoms with Crippen molar-refractivity contribution in [2.24, 2.45) is 0 Å². The largest absolute Gasteiger partial charge is 0.457 e. The molecule has 0 aliphatic heterocycles. The van der Waals surface area contributed by atoms with E-state index in [9.17, 15) is 19.8 Å². The summed E-state index contributed by atoms with van der Waals surface area (Å²) in [5.74, 6) is -0.164. The van der Waals surface area contributed by atoms with Crippen molar-refractivity contribution >= 4 is 34.4 Å². The Bertz CT molecular complexity index is 1450. The molecule has 1 aromatic heterocycles. The number of hydrogen-bond donors (Lipinski definition) is 4. The predicted molar refractivity (Wildman–Crippen MR) is 146 cm³/mol. The molecule has 0 aliphatic rings. The molecule has 4 N–H and O–H groups in total. The maximum Gasteiger partial charge on any atom is 0.329 e. The Morgan fingerprint density at radius 3 is 2.54 bits per heavy atom. The quantitative estimate of drug-likeness (QED) is 0.217. The van der Waals surface area contributed by atoms with E-state index in [1.54, 1.807) is 48.5 Å². The Kier molecular flexibility index (Phi) is 9.45. The normalized spacial score (nSPS) is 12.5. The molecule has 0 aliphatic carbocycles. The second-order valence-corrected chi connectivity index (χ2v) is 9.28. The van der Waals surface area contributed by atoms with E-state index < -0.39 is 18.0 Å². The zero-order chi connectivity index (χ0) is 27.8. The third-order valence-electron chi connectivity index (χ3n) is 5.95. The van der Waals surface area contributed by atoms with Crippen molar-refractivity contribution in [1.29, 1.82) is 0 Å². The molecule has 39 heavy (non-hydrogen) atoms. The number of amides is 1. The minimum Gasteiger partial charge on any atom is -0.457 e. The first-order valence-corrected chi connectivity index (χ1v) is 12.6. The second kappa shape index (κ2) is 13.2. The number of pyridine rings is 1. The van der Waals surface area contributed by atoms with Crippen molar-refractivity contribution in [3.8, 4) is 11.5 Å². The van der Waals surface area contributed by atoms with Gasteiger partial charge < -0.3 is 25.1 Å². The van der Waals surface area contributed by atoms with E-state index in [1.165, 1.54) is 13.1 Å². The molecular weight excluding hydrogens is 522 g/mol. The van der Waals surface area contributed by atoms with Crippen LogP contribution in [0.1, 0.15) is 34.5 Å². The molecule has 2 atom stereocenters. The molecule has 0 saturated heterocycles. The number of ether oxygens (including phenoxy) is 1. The summed E-state index contributed by atoms with van der Waals surface area (Å²) in [6.45, 7) is 1.35. The highest BCUT2D eigenvalue weighted by Gasteiger charge is 2.16. The number of aromatic nitrogens is 1. The molecular formula is C29H28ClN3O6. The number of fused-ring (bicyclic) bond motifs is 1. The number of nitrogens with one attached hydrogen (secondary N) is 2. The van der Waals surface area contributed by atoms with Gasteiger partial charge in [0, 0.05) is 36.1 Å². The summed E-state index contributed by atoms with van der Waals surface area (Å²) in [6, 6.07) is 20.9. The molecule has 0 bridgehead atoms. The van der Waals surface area contributed by atoms with Crippen LogP contribution in [0.4, 0.5) is 0 Å². The van der Waals surface area contributed by atoms with Crippen molar-refractivity contribution in [3.05, 3.63) is 101 Å². The van der Waals surface area contributed by atoms with Crippen LogP contribution in [0.2, 0.25) is 5.02 Å². The van der Waals surface area contributed by atoms with Crippen LogP contribution in [-0.4, -0.2) is 46.3 Å². The predicted octanol–water partition coefficient (Wildman–Crippen LogP) is 4.12. The lowest BCUT2D eigenvalue weighted by Crippen LogP contribution is -2.37. The molecule has 0 unspecified atom stereocenters. The van der Waals surface area contributed by atoms with Gasteiger partial charge in [0.15, 0.2) is 0 Å². The summed E-state index contributed by atoms with van der Waals surface area (Å²) in [5.41, 5.74) is 4.40. The van der Waals surface area contributed by atoms with Crippen LogP contribution in [0.25, 0.3) is 10.9 Å². The highest BCUT2D eigenvalue weighted by molar-refractivity contribution is 6.30. The zero-order valence-corrected chi connectivity index (χ0v) is 21.9. The van der Waals surface area contributed by atoms with Crippen molar-refractivity contribution in [1.82, 2.24) is 15.8 Å². The van der Waals surface area contributed by atoms with Gasteiger partial charge in [0.25, 0.3) is 5.91 Å². The first-order chi connectivity index (χ1) is 18.8. The fourth-order valence-electron chi connectivity index (χ4n) is 4.01. The molecule has 0 radical (unpaired) electrons. The Balaban J connectivity index is 1.40. The highest BCUT2D eigenvalue weighted by atomic mass is 35.5. The van der Waals surface area contributed by atoms with Gasteiger partial charge in [-0.25, -0.2) is 0 Å². The van der Waals surface area contributed by atoms with E-state index in [0.29, 0.717) is 39.4 Å². The van der Waals surface area contributed by atoms with Gasteiger partial charge in [-0.1, -0.05) is 41.9 Å². The SMILES string of the molecule is CC(=O)ONC(=O)c1cccc2c(Oc3ccc(C[C@@H](CO)NC[C@H](O)c4cccc(Cl)c4)cc3)ccnc12. The monoisotopic (exact) mass is 549 g/mol. The van der Waals surface area contributed by atoms with Gasteiger partial charge in [-0.3, -0.25) is 14.6 Å². The molecule has 0 fully saturated rings. The van der Waals surface area contributed by atoms with E-state index in [2.05, 4.69) is 20.6 Å². The maximum absolute atomic E-state index is 12.4. The lowest BCUT2D eigenvalue weighted by Gasteiger charge is -2.19. The van der Waals surface area contributed by atoms with Crippen LogP contribution in [0, 0.1) is 0 Å². The molecule has 9 nitrogen and oxygen atoms in total. The number of hydroxylamine groups is 1. The van der Waals surface area contributed by atoms with E-state index in [1.807, 2.05) is 24.3 Å². The second-order valence-electron chi connectivity index (χ2n) is 8.84. The van der Waals surface area contributed by atoms with E-state index >= 15 is 0 Å². The first-order valence-electron chi connectivity index (χ1n) is 12.2. The standard InChI is InChI=1S/C29H28ClN3O6/c1-18(35)39-33-29(37)25-7-3-6-24-27(12-13-31-28(24)25)38-23-10-8-19(9-11-23)14-22(17-34)32-16-26(36)20-4-2-5-21(30)15-20/h2-13,15,22,26,32,34,36H,14,16-17H2,1H3,(H,33,37)/t22-,26-/m0/s1. The topological polar surface area (TPSA) is 130 Å². The van der Waals surface area contributed by atoms with Gasteiger partial charge in [-0.05, 0) is 60.0 Å². The van der Waals surface area contributed by atoms with Crippen LogP contribution in [0.15, 0.2) is 79.0 Å². The van der Waals surface area contributed by atoms with Crippen LogP contribution >= 0.6 is 11.6 Å². The number of aliphatic hydroxyl groups excluding tert-OH is 2. The summed E-state index contributed by atoms with van der Waals surface area (Å²) < 4.78 is 6.08.